The van der Waals surface area contributed by atoms with Gasteiger partial charge in [-0.3, -0.25) is 9.59 Å². The summed E-state index contributed by atoms with van der Waals surface area (Å²) in [6.07, 6.45) is -4.68. The zero-order valence-corrected chi connectivity index (χ0v) is 15.2. The molecule has 2 aromatic carbocycles. The maximum Gasteiger partial charge on any atom is 0.573 e. The van der Waals surface area contributed by atoms with Crippen LogP contribution in [-0.2, 0) is 16.0 Å². The van der Waals surface area contributed by atoms with Crippen LogP contribution in [0, 0.1) is 0 Å². The highest BCUT2D eigenvalue weighted by molar-refractivity contribution is 5.94. The van der Waals surface area contributed by atoms with E-state index in [1.54, 1.807) is 24.3 Å². The lowest BCUT2D eigenvalue weighted by atomic mass is 10.1. The largest absolute Gasteiger partial charge is 0.573 e. The molecule has 0 aromatic heterocycles. The van der Waals surface area contributed by atoms with Gasteiger partial charge in [0.15, 0.2) is 0 Å². The Morgan fingerprint density at radius 3 is 2.36 bits per heavy atom. The third-order valence-corrected chi connectivity index (χ3v) is 3.67. The molecule has 0 aliphatic rings. The number of nitrogens with zero attached hydrogens (tertiary/aromatic N) is 1. The topological polar surface area (TPSA) is 67.9 Å². The van der Waals surface area contributed by atoms with Crippen molar-refractivity contribution in [2.45, 2.75) is 12.8 Å². The van der Waals surface area contributed by atoms with E-state index in [0.717, 1.165) is 17.7 Å². The first kappa shape index (κ1) is 21.1. The molecule has 0 aliphatic heterocycles. The lowest BCUT2D eigenvalue weighted by Crippen LogP contribution is -2.35. The van der Waals surface area contributed by atoms with Gasteiger partial charge >= 0.3 is 6.36 Å². The van der Waals surface area contributed by atoms with Crippen LogP contribution in [0.3, 0.4) is 0 Å². The summed E-state index contributed by atoms with van der Waals surface area (Å²) >= 11 is 0. The Bertz CT molecular complexity index is 823. The lowest BCUT2D eigenvalue weighted by Gasteiger charge is -2.17. The van der Waals surface area contributed by atoms with E-state index in [4.69, 9.17) is 4.74 Å². The third-order valence-electron chi connectivity index (χ3n) is 3.67. The molecule has 0 bridgehead atoms. The van der Waals surface area contributed by atoms with Gasteiger partial charge in [0.05, 0.1) is 20.1 Å². The Balaban J connectivity index is 1.86. The number of benzene rings is 2. The molecule has 2 amide bonds. The van der Waals surface area contributed by atoms with E-state index in [-0.39, 0.29) is 24.6 Å². The molecule has 9 heteroatoms. The number of halogens is 3. The first-order valence-corrected chi connectivity index (χ1v) is 8.19. The van der Waals surface area contributed by atoms with Gasteiger partial charge < -0.3 is 19.7 Å². The molecule has 2 rings (SSSR count). The predicted octanol–water partition coefficient (Wildman–Crippen LogP) is 3.23. The first-order chi connectivity index (χ1) is 13.2. The number of hydrogen-bond donors (Lipinski definition) is 1. The van der Waals surface area contributed by atoms with Crippen LogP contribution in [-0.4, -0.2) is 43.8 Å². The number of methoxy groups -OCH3 is 1. The summed E-state index contributed by atoms with van der Waals surface area (Å²) in [4.78, 5) is 25.6. The molecule has 0 unspecified atom stereocenters. The van der Waals surface area contributed by atoms with Crippen LogP contribution in [0.4, 0.5) is 18.9 Å². The van der Waals surface area contributed by atoms with Crippen LogP contribution in [0.5, 0.6) is 11.5 Å². The molecule has 6 nitrogen and oxygen atoms in total. The molecule has 0 fully saturated rings. The third kappa shape index (κ3) is 6.82. The van der Waals surface area contributed by atoms with E-state index in [9.17, 15) is 22.8 Å². The van der Waals surface area contributed by atoms with Crippen LogP contribution < -0.4 is 14.8 Å². The van der Waals surface area contributed by atoms with Crippen LogP contribution in [0.1, 0.15) is 5.56 Å². The van der Waals surface area contributed by atoms with Crippen molar-refractivity contribution in [2.75, 3.05) is 26.0 Å². The van der Waals surface area contributed by atoms with Gasteiger partial charge in [-0.1, -0.05) is 12.1 Å². The van der Waals surface area contributed by atoms with Gasteiger partial charge in [-0.05, 0) is 42.0 Å². The Morgan fingerprint density at radius 2 is 1.75 bits per heavy atom. The highest BCUT2D eigenvalue weighted by atomic mass is 19.4. The fourth-order valence-electron chi connectivity index (χ4n) is 2.34. The van der Waals surface area contributed by atoms with Crippen molar-refractivity contribution in [1.82, 2.24) is 4.90 Å². The average molecular weight is 396 g/mol. The molecular formula is C19H19F3N2O4. The van der Waals surface area contributed by atoms with Crippen LogP contribution >= 0.6 is 0 Å². The maximum absolute atomic E-state index is 12.3. The number of hydrogen-bond acceptors (Lipinski definition) is 4. The number of rotatable bonds is 7. The normalized spacial score (nSPS) is 10.9. The summed E-state index contributed by atoms with van der Waals surface area (Å²) in [5.74, 6) is -0.511. The second-order valence-corrected chi connectivity index (χ2v) is 5.90. The summed E-state index contributed by atoms with van der Waals surface area (Å²) in [6.45, 7) is -0.205. The fraction of sp³-hybridized carbons (Fsp3) is 0.263. The van der Waals surface area contributed by atoms with Crippen LogP contribution in [0.2, 0.25) is 0 Å². The molecule has 150 valence electrons. The van der Waals surface area contributed by atoms with Crippen molar-refractivity contribution in [3.8, 4) is 11.5 Å². The van der Waals surface area contributed by atoms with Gasteiger partial charge in [0.2, 0.25) is 11.8 Å². The van der Waals surface area contributed by atoms with Crippen molar-refractivity contribution in [2.24, 2.45) is 0 Å². The number of likely N-dealkylation sites (N-methyl/N-ethyl adjacent to an activating group) is 1. The molecule has 28 heavy (non-hydrogen) atoms. The van der Waals surface area contributed by atoms with Crippen molar-refractivity contribution >= 4 is 17.5 Å². The molecule has 0 radical (unpaired) electrons. The molecule has 0 spiro atoms. The second kappa shape index (κ2) is 9.12. The average Bonchev–Trinajstić information content (AvgIpc) is 2.62. The van der Waals surface area contributed by atoms with Gasteiger partial charge in [0, 0.05) is 12.7 Å². The van der Waals surface area contributed by atoms with E-state index in [2.05, 4.69) is 10.1 Å². The summed E-state index contributed by atoms with van der Waals surface area (Å²) in [6, 6.07) is 11.8. The summed E-state index contributed by atoms with van der Waals surface area (Å²) in [5.41, 5.74) is 1.03. The van der Waals surface area contributed by atoms with Gasteiger partial charge in [0.1, 0.15) is 11.5 Å². The first-order valence-electron chi connectivity index (χ1n) is 8.19. The number of anilines is 1. The van der Waals surface area contributed by atoms with Gasteiger partial charge in [-0.2, -0.15) is 0 Å². The zero-order valence-electron chi connectivity index (χ0n) is 15.2. The van der Waals surface area contributed by atoms with Gasteiger partial charge in [-0.15, -0.1) is 13.2 Å². The molecule has 0 saturated heterocycles. The Labute approximate surface area is 159 Å². The highest BCUT2D eigenvalue weighted by Crippen LogP contribution is 2.24. The standard InChI is InChI=1S/C19H19F3N2O4/c1-24(18(26)11-13-4-3-5-16(10-13)27-2)12-17(25)23-14-6-8-15(9-7-14)28-19(20,21)22/h3-10H,11-12H2,1-2H3,(H,23,25). The van der Waals surface area contributed by atoms with E-state index >= 15 is 0 Å². The molecule has 0 aliphatic carbocycles. The summed E-state index contributed by atoms with van der Waals surface area (Å²) in [7, 11) is 3.02. The number of alkyl halides is 3. The summed E-state index contributed by atoms with van der Waals surface area (Å²) in [5, 5.41) is 2.51. The molecular weight excluding hydrogens is 377 g/mol. The summed E-state index contributed by atoms with van der Waals surface area (Å²) < 4.78 is 45.3. The maximum atomic E-state index is 12.3. The monoisotopic (exact) mass is 396 g/mol. The minimum Gasteiger partial charge on any atom is -0.497 e. The molecule has 2 aromatic rings. The molecule has 0 heterocycles. The number of carbonyl (C=O) groups is 2. The van der Waals surface area contributed by atoms with Crippen molar-refractivity contribution in [3.05, 3.63) is 54.1 Å². The minimum atomic E-state index is -4.78. The number of ether oxygens (including phenoxy) is 2. The van der Waals surface area contributed by atoms with E-state index in [1.165, 1.54) is 31.2 Å². The second-order valence-electron chi connectivity index (χ2n) is 5.90. The van der Waals surface area contributed by atoms with E-state index in [0.29, 0.717) is 5.75 Å². The van der Waals surface area contributed by atoms with Crippen molar-refractivity contribution in [3.63, 3.8) is 0 Å². The van der Waals surface area contributed by atoms with Crippen molar-refractivity contribution < 1.29 is 32.2 Å². The smallest absolute Gasteiger partial charge is 0.497 e. The number of carbonyl (C=O) groups excluding carboxylic acids is 2. The Hall–Kier alpha value is -3.23. The molecule has 0 atom stereocenters. The quantitative estimate of drug-likeness (QED) is 0.780. The van der Waals surface area contributed by atoms with E-state index < -0.39 is 18.0 Å². The van der Waals surface area contributed by atoms with E-state index in [1.807, 2.05) is 0 Å². The highest BCUT2D eigenvalue weighted by Gasteiger charge is 2.31. The number of nitrogens with one attached hydrogen (secondary N) is 1. The van der Waals surface area contributed by atoms with Gasteiger partial charge in [0.25, 0.3) is 0 Å². The molecule has 0 saturated carbocycles. The lowest BCUT2D eigenvalue weighted by molar-refractivity contribution is -0.274. The zero-order chi connectivity index (χ0) is 20.7. The predicted molar refractivity (Wildman–Crippen MR) is 96.1 cm³/mol. The van der Waals surface area contributed by atoms with Gasteiger partial charge in [-0.25, -0.2) is 0 Å². The van der Waals surface area contributed by atoms with Crippen LogP contribution in [0.25, 0.3) is 0 Å². The van der Waals surface area contributed by atoms with Crippen molar-refractivity contribution in [1.29, 1.82) is 0 Å². The minimum absolute atomic E-state index is 0.102. The SMILES string of the molecule is COc1cccc(CC(=O)N(C)CC(=O)Nc2ccc(OC(F)(F)F)cc2)c1. The fourth-order valence-corrected chi connectivity index (χ4v) is 2.34. The molecule has 1 N–H and O–H groups in total. The Morgan fingerprint density at radius 1 is 1.07 bits per heavy atom. The Kier molecular flexibility index (Phi) is 6.86. The number of amides is 2. The van der Waals surface area contributed by atoms with Crippen LogP contribution in [0.15, 0.2) is 48.5 Å².